The molecule has 220 valence electrons. The van der Waals surface area contributed by atoms with E-state index < -0.39 is 27.4 Å². The van der Waals surface area contributed by atoms with Crippen molar-refractivity contribution >= 4 is 33.2 Å². The molecule has 0 atom stereocenters. The van der Waals surface area contributed by atoms with Crippen molar-refractivity contribution in [3.63, 3.8) is 0 Å². The zero-order valence-electron chi connectivity index (χ0n) is 23.3. The van der Waals surface area contributed by atoms with Crippen LogP contribution >= 0.6 is 0 Å². The van der Waals surface area contributed by atoms with Gasteiger partial charge in [-0.2, -0.15) is 18.2 Å². The molecule has 0 aliphatic carbocycles. The molecular formula is C28H33F3N6O3S. The van der Waals surface area contributed by atoms with E-state index in [-0.39, 0.29) is 28.8 Å². The number of hydrogen-bond donors (Lipinski definition) is 2. The van der Waals surface area contributed by atoms with Gasteiger partial charge in [0, 0.05) is 62.0 Å². The Hall–Kier alpha value is -3.71. The second kappa shape index (κ2) is 11.6. The van der Waals surface area contributed by atoms with Crippen LogP contribution < -0.4 is 10.6 Å². The number of halogens is 3. The van der Waals surface area contributed by atoms with Crippen LogP contribution in [0.2, 0.25) is 0 Å². The molecule has 0 saturated carbocycles. The van der Waals surface area contributed by atoms with Gasteiger partial charge in [0.05, 0.1) is 4.90 Å². The summed E-state index contributed by atoms with van der Waals surface area (Å²) in [5.41, 5.74) is 0.447. The minimum absolute atomic E-state index is 0.0432. The van der Waals surface area contributed by atoms with Gasteiger partial charge in [-0.1, -0.05) is 12.1 Å². The van der Waals surface area contributed by atoms with Gasteiger partial charge in [-0.05, 0) is 62.7 Å². The lowest BCUT2D eigenvalue weighted by Crippen LogP contribution is -2.54. The number of nitrogens with one attached hydrogen (secondary N) is 2. The third kappa shape index (κ3) is 7.73. The minimum Gasteiger partial charge on any atom is -0.365 e. The highest BCUT2D eigenvalue weighted by molar-refractivity contribution is 7.90. The van der Waals surface area contributed by atoms with Gasteiger partial charge in [-0.25, -0.2) is 13.4 Å². The molecule has 1 aliphatic heterocycles. The molecule has 13 heteroatoms. The van der Waals surface area contributed by atoms with Gasteiger partial charge in [0.25, 0.3) is 5.91 Å². The third-order valence-corrected chi connectivity index (χ3v) is 7.89. The number of anilines is 3. The van der Waals surface area contributed by atoms with Crippen LogP contribution in [0.5, 0.6) is 0 Å². The average Bonchev–Trinajstić information content (AvgIpc) is 2.91. The SMILES string of the molecule is CC(C)(C)N1CCN(C(=O)c2ccc(Nc3ncc(C(F)(F)F)c(NCc4cccc(S(C)(=O)=O)c4)n3)cc2)CC1. The molecule has 0 radical (unpaired) electrons. The Kier molecular flexibility index (Phi) is 8.59. The average molecular weight is 591 g/mol. The van der Waals surface area contributed by atoms with Gasteiger partial charge < -0.3 is 15.5 Å². The topological polar surface area (TPSA) is 108 Å². The van der Waals surface area contributed by atoms with Crippen LogP contribution in [-0.2, 0) is 22.6 Å². The summed E-state index contributed by atoms with van der Waals surface area (Å²) in [5, 5.41) is 5.53. The molecule has 0 unspecified atom stereocenters. The van der Waals surface area contributed by atoms with Crippen molar-refractivity contribution in [2.75, 3.05) is 43.1 Å². The highest BCUT2D eigenvalue weighted by Crippen LogP contribution is 2.34. The summed E-state index contributed by atoms with van der Waals surface area (Å²) in [7, 11) is -3.47. The second-order valence-electron chi connectivity index (χ2n) is 10.9. The molecule has 1 amide bonds. The van der Waals surface area contributed by atoms with Gasteiger partial charge in [-0.15, -0.1) is 0 Å². The standard InChI is InChI=1S/C28H33F3N6O3S/c1-27(2,3)37-14-12-36(13-15-37)25(38)20-8-10-21(11-9-20)34-26-33-18-23(28(29,30)31)24(35-26)32-17-19-6-5-7-22(16-19)41(4,39)40/h5-11,16,18H,12-15,17H2,1-4H3,(H2,32,33,34,35). The maximum Gasteiger partial charge on any atom is 0.421 e. The number of amides is 1. The Labute approximate surface area is 237 Å². The van der Waals surface area contributed by atoms with Crippen LogP contribution in [0.1, 0.15) is 42.3 Å². The quantitative estimate of drug-likeness (QED) is 0.404. The molecule has 1 saturated heterocycles. The van der Waals surface area contributed by atoms with Crippen molar-refractivity contribution in [3.8, 4) is 0 Å². The lowest BCUT2D eigenvalue weighted by molar-refractivity contribution is -0.137. The van der Waals surface area contributed by atoms with Crippen molar-refractivity contribution in [1.82, 2.24) is 19.8 Å². The summed E-state index contributed by atoms with van der Waals surface area (Å²) in [6.45, 7) is 9.19. The zero-order chi connectivity index (χ0) is 30.0. The lowest BCUT2D eigenvalue weighted by atomic mass is 10.0. The van der Waals surface area contributed by atoms with E-state index in [4.69, 9.17) is 0 Å². The number of piperazine rings is 1. The molecule has 41 heavy (non-hydrogen) atoms. The number of alkyl halides is 3. The molecule has 3 aromatic rings. The smallest absolute Gasteiger partial charge is 0.365 e. The minimum atomic E-state index is -4.71. The highest BCUT2D eigenvalue weighted by atomic mass is 32.2. The van der Waals surface area contributed by atoms with Crippen molar-refractivity contribution < 1.29 is 26.4 Å². The van der Waals surface area contributed by atoms with Gasteiger partial charge in [0.1, 0.15) is 11.4 Å². The Balaban J connectivity index is 1.45. The second-order valence-corrected chi connectivity index (χ2v) is 12.9. The molecule has 2 aromatic carbocycles. The first-order chi connectivity index (χ1) is 19.1. The number of nitrogens with zero attached hydrogens (tertiary/aromatic N) is 4. The Morgan fingerprint density at radius 3 is 2.24 bits per heavy atom. The number of carbonyl (C=O) groups excluding carboxylic acids is 1. The summed E-state index contributed by atoms with van der Waals surface area (Å²) in [5.74, 6) is -0.619. The van der Waals surface area contributed by atoms with Crippen molar-refractivity contribution in [2.45, 2.75) is 43.9 Å². The monoisotopic (exact) mass is 590 g/mol. The summed E-state index contributed by atoms with van der Waals surface area (Å²) in [6.07, 6.45) is -2.98. The predicted octanol–water partition coefficient (Wildman–Crippen LogP) is 4.81. The molecule has 0 spiro atoms. The molecule has 0 bridgehead atoms. The number of carbonyl (C=O) groups is 1. The van der Waals surface area contributed by atoms with E-state index >= 15 is 0 Å². The first-order valence-electron chi connectivity index (χ1n) is 13.0. The van der Waals surface area contributed by atoms with Crippen molar-refractivity contribution in [3.05, 3.63) is 71.4 Å². The fourth-order valence-corrected chi connectivity index (χ4v) is 5.14. The van der Waals surface area contributed by atoms with E-state index in [2.05, 4.69) is 46.3 Å². The van der Waals surface area contributed by atoms with Gasteiger partial charge in [-0.3, -0.25) is 9.69 Å². The van der Waals surface area contributed by atoms with E-state index in [9.17, 15) is 26.4 Å². The Morgan fingerprint density at radius 2 is 1.66 bits per heavy atom. The van der Waals surface area contributed by atoms with Gasteiger partial charge >= 0.3 is 6.18 Å². The van der Waals surface area contributed by atoms with E-state index in [1.165, 1.54) is 18.2 Å². The fourth-order valence-electron chi connectivity index (χ4n) is 4.44. The number of hydrogen-bond acceptors (Lipinski definition) is 8. The van der Waals surface area contributed by atoms with Gasteiger partial charge in [0.2, 0.25) is 5.95 Å². The number of rotatable bonds is 7. The predicted molar refractivity (Wildman–Crippen MR) is 151 cm³/mol. The van der Waals surface area contributed by atoms with Crippen LogP contribution in [0.3, 0.4) is 0 Å². The van der Waals surface area contributed by atoms with Crippen molar-refractivity contribution in [1.29, 1.82) is 0 Å². The van der Waals surface area contributed by atoms with E-state index in [1.54, 1.807) is 30.3 Å². The molecule has 1 aliphatic rings. The number of benzene rings is 2. The van der Waals surface area contributed by atoms with Crippen LogP contribution in [0.15, 0.2) is 59.6 Å². The molecule has 1 fully saturated rings. The third-order valence-electron chi connectivity index (χ3n) is 6.78. The Morgan fingerprint density at radius 1 is 1.00 bits per heavy atom. The van der Waals surface area contributed by atoms with E-state index in [1.807, 2.05) is 4.90 Å². The lowest BCUT2D eigenvalue weighted by Gasteiger charge is -2.42. The summed E-state index contributed by atoms with van der Waals surface area (Å²) in [4.78, 5) is 25.0. The fraction of sp³-hybridized carbons (Fsp3) is 0.393. The first-order valence-corrected chi connectivity index (χ1v) is 14.9. The normalized spacial score (nSPS) is 15.0. The molecule has 9 nitrogen and oxygen atoms in total. The van der Waals surface area contributed by atoms with Crippen LogP contribution in [0.4, 0.5) is 30.6 Å². The molecule has 2 heterocycles. The first kappa shape index (κ1) is 30.3. The highest BCUT2D eigenvalue weighted by Gasteiger charge is 2.35. The molecule has 1 aromatic heterocycles. The summed E-state index contributed by atoms with van der Waals surface area (Å²) >= 11 is 0. The zero-order valence-corrected chi connectivity index (χ0v) is 24.1. The number of aromatic nitrogens is 2. The van der Waals surface area contributed by atoms with E-state index in [0.29, 0.717) is 36.1 Å². The largest absolute Gasteiger partial charge is 0.421 e. The van der Waals surface area contributed by atoms with E-state index in [0.717, 1.165) is 19.3 Å². The van der Waals surface area contributed by atoms with Gasteiger partial charge in [0.15, 0.2) is 9.84 Å². The molecule has 2 N–H and O–H groups in total. The molecular weight excluding hydrogens is 557 g/mol. The maximum atomic E-state index is 13.6. The Bertz CT molecular complexity index is 1500. The van der Waals surface area contributed by atoms with Crippen LogP contribution in [-0.4, -0.2) is 72.1 Å². The summed E-state index contributed by atoms with van der Waals surface area (Å²) in [6, 6.07) is 12.5. The maximum absolute atomic E-state index is 13.6. The van der Waals surface area contributed by atoms with Crippen LogP contribution in [0.25, 0.3) is 0 Å². The number of sulfone groups is 1. The van der Waals surface area contributed by atoms with Crippen LogP contribution in [0, 0.1) is 0 Å². The van der Waals surface area contributed by atoms with Crippen molar-refractivity contribution in [2.24, 2.45) is 0 Å². The summed E-state index contributed by atoms with van der Waals surface area (Å²) < 4.78 is 64.6. The molecule has 4 rings (SSSR count).